The van der Waals surface area contributed by atoms with E-state index in [1.165, 1.54) is 12.3 Å². The average Bonchev–Trinajstić information content (AvgIpc) is 2.60. The Bertz CT molecular complexity index is 999. The summed E-state index contributed by atoms with van der Waals surface area (Å²) >= 11 is 5.95. The fraction of sp³-hybridized carbons (Fsp3) is 0.111. The highest BCUT2D eigenvalue weighted by Crippen LogP contribution is 2.35. The van der Waals surface area contributed by atoms with Crippen LogP contribution in [0.5, 0.6) is 11.5 Å². The molecule has 1 aromatic heterocycles. The highest BCUT2D eigenvalue weighted by molar-refractivity contribution is 6.32. The summed E-state index contributed by atoms with van der Waals surface area (Å²) in [5, 5.41) is 23.0. The van der Waals surface area contributed by atoms with E-state index in [9.17, 15) is 10.4 Å². The third-order valence-corrected chi connectivity index (χ3v) is 3.94. The largest absolute Gasteiger partial charge is 0.506 e. The summed E-state index contributed by atoms with van der Waals surface area (Å²) in [5.41, 5.74) is 8.70. The van der Waals surface area contributed by atoms with Crippen molar-refractivity contribution in [2.24, 2.45) is 0 Å². The van der Waals surface area contributed by atoms with Crippen LogP contribution in [0.25, 0.3) is 10.9 Å². The van der Waals surface area contributed by atoms with Gasteiger partial charge in [0.1, 0.15) is 17.6 Å². The SMILES string of the molecule is CCOc1cc2ncc(C#N)c(Nc3ccc(O)c(Cl)c3)c2cc1N. The van der Waals surface area contributed by atoms with Gasteiger partial charge in [0.15, 0.2) is 0 Å². The Morgan fingerprint density at radius 1 is 1.36 bits per heavy atom. The third-order valence-electron chi connectivity index (χ3n) is 3.64. The first-order valence-corrected chi connectivity index (χ1v) is 7.92. The summed E-state index contributed by atoms with van der Waals surface area (Å²) in [6.07, 6.45) is 1.48. The number of anilines is 3. The highest BCUT2D eigenvalue weighted by atomic mass is 35.5. The average molecular weight is 355 g/mol. The summed E-state index contributed by atoms with van der Waals surface area (Å²) in [6.45, 7) is 2.36. The number of halogens is 1. The van der Waals surface area contributed by atoms with E-state index in [-0.39, 0.29) is 10.8 Å². The number of fused-ring (bicyclic) bond motifs is 1. The van der Waals surface area contributed by atoms with Crippen LogP contribution in [-0.4, -0.2) is 16.7 Å². The van der Waals surface area contributed by atoms with Crippen molar-refractivity contribution in [1.82, 2.24) is 4.98 Å². The van der Waals surface area contributed by atoms with Gasteiger partial charge in [0.05, 0.1) is 34.1 Å². The second-order valence-corrected chi connectivity index (χ2v) is 5.70. The van der Waals surface area contributed by atoms with Crippen LogP contribution in [0.15, 0.2) is 36.5 Å². The fourth-order valence-electron chi connectivity index (χ4n) is 2.47. The molecule has 0 fully saturated rings. The molecule has 126 valence electrons. The molecule has 0 radical (unpaired) electrons. The molecule has 0 aliphatic carbocycles. The zero-order chi connectivity index (χ0) is 18.0. The minimum Gasteiger partial charge on any atom is -0.506 e. The number of aromatic hydroxyl groups is 1. The predicted octanol–water partition coefficient (Wildman–Crippen LogP) is 4.19. The zero-order valence-corrected chi connectivity index (χ0v) is 14.1. The summed E-state index contributed by atoms with van der Waals surface area (Å²) in [7, 11) is 0. The predicted molar refractivity (Wildman–Crippen MR) is 98.4 cm³/mol. The van der Waals surface area contributed by atoms with E-state index in [0.29, 0.717) is 45.9 Å². The highest BCUT2D eigenvalue weighted by Gasteiger charge is 2.13. The lowest BCUT2D eigenvalue weighted by molar-refractivity contribution is 0.342. The number of ether oxygens (including phenoxy) is 1. The number of aromatic nitrogens is 1. The van der Waals surface area contributed by atoms with Crippen LogP contribution < -0.4 is 15.8 Å². The number of phenols is 1. The fourth-order valence-corrected chi connectivity index (χ4v) is 2.65. The van der Waals surface area contributed by atoms with E-state index in [2.05, 4.69) is 16.4 Å². The monoisotopic (exact) mass is 354 g/mol. The molecule has 25 heavy (non-hydrogen) atoms. The molecule has 0 atom stereocenters. The van der Waals surface area contributed by atoms with Crippen LogP contribution in [0.3, 0.4) is 0 Å². The number of pyridine rings is 1. The number of hydrogen-bond acceptors (Lipinski definition) is 6. The van der Waals surface area contributed by atoms with Crippen molar-refractivity contribution in [3.63, 3.8) is 0 Å². The second kappa shape index (κ2) is 6.75. The topological polar surface area (TPSA) is 104 Å². The normalized spacial score (nSPS) is 10.4. The number of nitriles is 1. The van der Waals surface area contributed by atoms with Crippen LogP contribution in [0.4, 0.5) is 17.1 Å². The van der Waals surface area contributed by atoms with Crippen molar-refractivity contribution in [3.8, 4) is 17.6 Å². The Kier molecular flexibility index (Phi) is 4.50. The van der Waals surface area contributed by atoms with Crippen LogP contribution in [0, 0.1) is 11.3 Å². The number of hydrogen-bond donors (Lipinski definition) is 3. The Labute approximate surface area is 149 Å². The van der Waals surface area contributed by atoms with E-state index >= 15 is 0 Å². The lowest BCUT2D eigenvalue weighted by Gasteiger charge is -2.14. The molecule has 6 nitrogen and oxygen atoms in total. The maximum absolute atomic E-state index is 9.55. The Morgan fingerprint density at radius 2 is 2.16 bits per heavy atom. The van der Waals surface area contributed by atoms with Gasteiger partial charge in [-0.05, 0) is 31.2 Å². The van der Waals surface area contributed by atoms with E-state index in [0.717, 1.165) is 0 Å². The maximum atomic E-state index is 9.55. The van der Waals surface area contributed by atoms with E-state index in [4.69, 9.17) is 22.1 Å². The Hall–Kier alpha value is -3.17. The number of nitrogen functional groups attached to an aromatic ring is 1. The molecule has 0 aliphatic heterocycles. The number of nitrogens with two attached hydrogens (primary N) is 1. The van der Waals surface area contributed by atoms with Gasteiger partial charge in [0, 0.05) is 23.3 Å². The molecule has 0 saturated carbocycles. The van der Waals surface area contributed by atoms with Gasteiger partial charge in [-0.15, -0.1) is 0 Å². The van der Waals surface area contributed by atoms with Crippen LogP contribution >= 0.6 is 11.6 Å². The second-order valence-electron chi connectivity index (χ2n) is 5.29. The lowest BCUT2D eigenvalue weighted by atomic mass is 10.1. The number of phenolic OH excluding ortho intramolecular Hbond substituents is 1. The van der Waals surface area contributed by atoms with Crippen molar-refractivity contribution in [2.75, 3.05) is 17.7 Å². The number of rotatable bonds is 4. The van der Waals surface area contributed by atoms with Gasteiger partial charge in [0.25, 0.3) is 0 Å². The lowest BCUT2D eigenvalue weighted by Crippen LogP contribution is -2.00. The summed E-state index contributed by atoms with van der Waals surface area (Å²) in [6, 6.07) is 10.3. The van der Waals surface area contributed by atoms with Gasteiger partial charge in [-0.2, -0.15) is 5.26 Å². The number of nitrogens with zero attached hydrogens (tertiary/aromatic N) is 2. The molecule has 0 aliphatic rings. The summed E-state index contributed by atoms with van der Waals surface area (Å²) < 4.78 is 5.49. The van der Waals surface area contributed by atoms with Crippen LogP contribution in [0.2, 0.25) is 5.02 Å². The Morgan fingerprint density at radius 3 is 2.84 bits per heavy atom. The van der Waals surface area contributed by atoms with Crippen molar-refractivity contribution >= 4 is 39.6 Å². The summed E-state index contributed by atoms with van der Waals surface area (Å²) in [4.78, 5) is 4.31. The molecule has 0 unspecified atom stereocenters. The van der Waals surface area contributed by atoms with Crippen molar-refractivity contribution in [1.29, 1.82) is 5.26 Å². The molecule has 0 amide bonds. The molecule has 3 rings (SSSR count). The van der Waals surface area contributed by atoms with Crippen molar-refractivity contribution < 1.29 is 9.84 Å². The molecule has 0 spiro atoms. The van der Waals surface area contributed by atoms with Crippen molar-refractivity contribution in [2.45, 2.75) is 6.92 Å². The molecule has 7 heteroatoms. The minimum atomic E-state index is -0.0158. The van der Waals surface area contributed by atoms with Gasteiger partial charge in [-0.3, -0.25) is 4.98 Å². The van der Waals surface area contributed by atoms with Crippen molar-refractivity contribution in [3.05, 3.63) is 47.1 Å². The molecular formula is C18H15ClN4O2. The van der Waals surface area contributed by atoms with Gasteiger partial charge in [-0.25, -0.2) is 0 Å². The molecular weight excluding hydrogens is 340 g/mol. The van der Waals surface area contributed by atoms with Gasteiger partial charge < -0.3 is 20.9 Å². The van der Waals surface area contributed by atoms with Gasteiger partial charge in [-0.1, -0.05) is 11.6 Å². The molecule has 1 heterocycles. The molecule has 0 saturated heterocycles. The van der Waals surface area contributed by atoms with Gasteiger partial charge >= 0.3 is 0 Å². The first kappa shape index (κ1) is 16.7. The maximum Gasteiger partial charge on any atom is 0.144 e. The van der Waals surface area contributed by atoms with E-state index in [1.807, 2.05) is 6.92 Å². The quantitative estimate of drug-likeness (QED) is 0.479. The third kappa shape index (κ3) is 3.23. The first-order valence-electron chi connectivity index (χ1n) is 7.54. The molecule has 3 aromatic rings. The first-order chi connectivity index (χ1) is 12.0. The summed E-state index contributed by atoms with van der Waals surface area (Å²) in [5.74, 6) is 0.531. The number of benzene rings is 2. The van der Waals surface area contributed by atoms with E-state index in [1.54, 1.807) is 24.3 Å². The zero-order valence-electron chi connectivity index (χ0n) is 13.4. The van der Waals surface area contributed by atoms with Crippen LogP contribution in [0.1, 0.15) is 12.5 Å². The molecule has 4 N–H and O–H groups in total. The minimum absolute atomic E-state index is 0.0158. The smallest absolute Gasteiger partial charge is 0.144 e. The van der Waals surface area contributed by atoms with Crippen LogP contribution in [-0.2, 0) is 0 Å². The molecule has 0 bridgehead atoms. The van der Waals surface area contributed by atoms with E-state index < -0.39 is 0 Å². The Balaban J connectivity index is 2.15. The number of nitrogens with one attached hydrogen (secondary N) is 1. The molecule has 2 aromatic carbocycles. The standard InChI is InChI=1S/C18H15ClN4O2/c1-2-25-17-7-15-12(6-14(17)21)18(10(8-20)9-22-15)23-11-3-4-16(24)13(19)5-11/h3-7,9,24H,2,21H2,1H3,(H,22,23). The van der Waals surface area contributed by atoms with Gasteiger partial charge in [0.2, 0.25) is 0 Å².